The predicted molar refractivity (Wildman–Crippen MR) is 46.1 cm³/mol. The first-order chi connectivity index (χ1) is 6.12. The van der Waals surface area contributed by atoms with Crippen molar-refractivity contribution in [2.45, 2.75) is 31.9 Å². The van der Waals surface area contributed by atoms with Crippen molar-refractivity contribution < 1.29 is 14.6 Å². The molecule has 0 aromatic heterocycles. The minimum absolute atomic E-state index is 0.0162. The Kier molecular flexibility index (Phi) is 2.04. The van der Waals surface area contributed by atoms with Crippen LogP contribution < -0.4 is 5.32 Å². The van der Waals surface area contributed by atoms with Gasteiger partial charge in [0, 0.05) is 0 Å². The first-order valence-corrected chi connectivity index (χ1v) is 4.69. The number of hydrogen-bond donors (Lipinski definition) is 2. The number of aliphatic hydroxyl groups excluding tert-OH is 1. The van der Waals surface area contributed by atoms with E-state index in [0.29, 0.717) is 13.2 Å². The Morgan fingerprint density at radius 3 is 2.54 bits per heavy atom. The molecule has 0 aromatic carbocycles. The van der Waals surface area contributed by atoms with Gasteiger partial charge < -0.3 is 15.2 Å². The average Bonchev–Trinajstić information content (AvgIpc) is 2.07. The van der Waals surface area contributed by atoms with Gasteiger partial charge in [0.2, 0.25) is 5.91 Å². The molecule has 0 aromatic rings. The quantitative estimate of drug-likeness (QED) is 0.619. The van der Waals surface area contributed by atoms with E-state index in [-0.39, 0.29) is 23.5 Å². The van der Waals surface area contributed by atoms with Gasteiger partial charge in [-0.3, -0.25) is 4.79 Å². The average molecular weight is 185 g/mol. The van der Waals surface area contributed by atoms with Crippen LogP contribution in [0.5, 0.6) is 0 Å². The zero-order chi connectivity index (χ0) is 9.47. The Hall–Kier alpha value is -0.610. The molecule has 1 aliphatic carbocycles. The number of ether oxygens (including phenoxy) is 1. The fourth-order valence-electron chi connectivity index (χ4n) is 1.53. The third-order valence-corrected chi connectivity index (χ3v) is 2.94. The monoisotopic (exact) mass is 185 g/mol. The molecule has 1 heterocycles. The Morgan fingerprint density at radius 2 is 2.23 bits per heavy atom. The maximum Gasteiger partial charge on any atom is 0.230 e. The van der Waals surface area contributed by atoms with Gasteiger partial charge in [-0.1, -0.05) is 0 Å². The zero-order valence-corrected chi connectivity index (χ0v) is 7.75. The van der Waals surface area contributed by atoms with Gasteiger partial charge in [0.1, 0.15) is 0 Å². The van der Waals surface area contributed by atoms with Gasteiger partial charge in [-0.15, -0.1) is 0 Å². The highest BCUT2D eigenvalue weighted by atomic mass is 16.5. The van der Waals surface area contributed by atoms with E-state index in [9.17, 15) is 9.90 Å². The maximum atomic E-state index is 11.6. The summed E-state index contributed by atoms with van der Waals surface area (Å²) in [6.07, 6.45) is 1.36. The number of carbonyl (C=O) groups is 1. The number of carbonyl (C=O) groups excluding carboxylic acids is 1. The molecule has 2 N–H and O–H groups in total. The van der Waals surface area contributed by atoms with Crippen LogP contribution in [0.25, 0.3) is 0 Å². The van der Waals surface area contributed by atoms with E-state index in [1.165, 1.54) is 0 Å². The fourth-order valence-corrected chi connectivity index (χ4v) is 1.53. The zero-order valence-electron chi connectivity index (χ0n) is 7.75. The van der Waals surface area contributed by atoms with Crippen molar-refractivity contribution in [2.24, 2.45) is 5.41 Å². The smallest absolute Gasteiger partial charge is 0.230 e. The molecule has 2 atom stereocenters. The molecular formula is C9H15NO3. The molecule has 2 fully saturated rings. The lowest BCUT2D eigenvalue weighted by atomic mass is 9.84. The van der Waals surface area contributed by atoms with Crippen LogP contribution in [0.2, 0.25) is 0 Å². The second-order valence-corrected chi connectivity index (χ2v) is 4.28. The molecule has 1 amide bonds. The van der Waals surface area contributed by atoms with Crippen molar-refractivity contribution >= 4 is 5.91 Å². The van der Waals surface area contributed by atoms with Crippen molar-refractivity contribution in [3.8, 4) is 0 Å². The van der Waals surface area contributed by atoms with E-state index in [2.05, 4.69) is 5.32 Å². The second kappa shape index (κ2) is 2.96. The number of amides is 1. The number of rotatable bonds is 2. The molecule has 0 radical (unpaired) electrons. The van der Waals surface area contributed by atoms with Crippen LogP contribution in [0.3, 0.4) is 0 Å². The number of aliphatic hydroxyl groups is 1. The normalized spacial score (nSPS) is 35.8. The molecule has 4 nitrogen and oxygen atoms in total. The molecule has 2 rings (SSSR count). The van der Waals surface area contributed by atoms with Gasteiger partial charge in [0.25, 0.3) is 0 Å². The van der Waals surface area contributed by atoms with Crippen LogP contribution in [0.1, 0.15) is 19.8 Å². The standard InChI is InChI=1S/C9H15NO3/c1-9(4-13-5-9)8(12)10-6-2-3-7(6)11/h6-7,11H,2-5H2,1H3,(H,10,12)/t6-,7-/m1/s1. The van der Waals surface area contributed by atoms with Gasteiger partial charge >= 0.3 is 0 Å². The summed E-state index contributed by atoms with van der Waals surface area (Å²) in [5.41, 5.74) is -0.352. The van der Waals surface area contributed by atoms with Crippen LogP contribution >= 0.6 is 0 Å². The lowest BCUT2D eigenvalue weighted by Gasteiger charge is -2.40. The molecular weight excluding hydrogens is 170 g/mol. The molecule has 2 aliphatic rings. The van der Waals surface area contributed by atoms with Crippen molar-refractivity contribution in [2.75, 3.05) is 13.2 Å². The summed E-state index contributed by atoms with van der Waals surface area (Å²) >= 11 is 0. The van der Waals surface area contributed by atoms with Gasteiger partial charge in [0.05, 0.1) is 30.8 Å². The number of nitrogens with one attached hydrogen (secondary N) is 1. The third-order valence-electron chi connectivity index (χ3n) is 2.94. The van der Waals surface area contributed by atoms with Crippen molar-refractivity contribution in [3.05, 3.63) is 0 Å². The lowest BCUT2D eigenvalue weighted by Crippen LogP contribution is -2.58. The summed E-state index contributed by atoms with van der Waals surface area (Å²) in [5, 5.41) is 12.1. The fraction of sp³-hybridized carbons (Fsp3) is 0.889. The van der Waals surface area contributed by atoms with E-state index in [1.54, 1.807) is 0 Å². The van der Waals surface area contributed by atoms with Crippen LogP contribution in [0, 0.1) is 5.41 Å². The Labute approximate surface area is 77.3 Å². The lowest BCUT2D eigenvalue weighted by molar-refractivity contribution is -0.160. The van der Waals surface area contributed by atoms with Gasteiger partial charge in [-0.25, -0.2) is 0 Å². The van der Waals surface area contributed by atoms with Crippen molar-refractivity contribution in [1.29, 1.82) is 0 Å². The summed E-state index contributed by atoms with van der Waals surface area (Å²) in [5.74, 6) is 0.0162. The number of hydrogen-bond acceptors (Lipinski definition) is 3. The van der Waals surface area contributed by atoms with Crippen molar-refractivity contribution in [3.63, 3.8) is 0 Å². The first-order valence-electron chi connectivity index (χ1n) is 4.69. The Morgan fingerprint density at radius 1 is 1.54 bits per heavy atom. The summed E-state index contributed by atoms with van der Waals surface area (Å²) in [6, 6.07) is -0.0232. The second-order valence-electron chi connectivity index (χ2n) is 4.28. The van der Waals surface area contributed by atoms with E-state index in [4.69, 9.17) is 4.74 Å². The summed E-state index contributed by atoms with van der Waals surface area (Å²) in [6.45, 7) is 2.89. The minimum Gasteiger partial charge on any atom is -0.391 e. The molecule has 0 bridgehead atoms. The van der Waals surface area contributed by atoms with Crippen LogP contribution in [0.15, 0.2) is 0 Å². The molecule has 0 unspecified atom stereocenters. The largest absolute Gasteiger partial charge is 0.391 e. The molecule has 1 aliphatic heterocycles. The first kappa shape index (κ1) is 8.97. The van der Waals surface area contributed by atoms with Gasteiger partial charge in [0.15, 0.2) is 0 Å². The molecule has 1 saturated carbocycles. The highest BCUT2D eigenvalue weighted by Crippen LogP contribution is 2.28. The van der Waals surface area contributed by atoms with Crippen molar-refractivity contribution in [1.82, 2.24) is 5.32 Å². The highest BCUT2D eigenvalue weighted by Gasteiger charge is 2.43. The molecule has 4 heteroatoms. The van der Waals surface area contributed by atoms with Crippen LogP contribution in [-0.2, 0) is 9.53 Å². The van der Waals surface area contributed by atoms with Crippen LogP contribution in [0.4, 0.5) is 0 Å². The molecule has 1 saturated heterocycles. The Balaban J connectivity index is 1.84. The van der Waals surface area contributed by atoms with Gasteiger partial charge in [-0.2, -0.15) is 0 Å². The van der Waals surface area contributed by atoms with Crippen LogP contribution in [-0.4, -0.2) is 36.4 Å². The topological polar surface area (TPSA) is 58.6 Å². The molecule has 0 spiro atoms. The Bertz CT molecular complexity index is 225. The predicted octanol–water partition coefficient (Wildman–Crippen LogP) is -0.338. The highest BCUT2D eigenvalue weighted by molar-refractivity contribution is 5.83. The van der Waals surface area contributed by atoms with E-state index < -0.39 is 0 Å². The van der Waals surface area contributed by atoms with Gasteiger partial charge in [-0.05, 0) is 19.8 Å². The maximum absolute atomic E-state index is 11.6. The summed E-state index contributed by atoms with van der Waals surface area (Å²) < 4.78 is 5.00. The SMILES string of the molecule is CC1(C(=O)N[C@@H]2CC[C@H]2O)COC1. The molecule has 74 valence electrons. The van der Waals surface area contributed by atoms with E-state index >= 15 is 0 Å². The summed E-state index contributed by atoms with van der Waals surface area (Å²) in [4.78, 5) is 11.6. The van der Waals surface area contributed by atoms with E-state index in [0.717, 1.165) is 12.8 Å². The summed E-state index contributed by atoms with van der Waals surface area (Å²) in [7, 11) is 0. The minimum atomic E-state index is -0.352. The van der Waals surface area contributed by atoms with E-state index in [1.807, 2.05) is 6.92 Å². The molecule has 13 heavy (non-hydrogen) atoms. The third kappa shape index (κ3) is 1.44.